The minimum atomic E-state index is -3.99. The van der Waals surface area contributed by atoms with Gasteiger partial charge in [0.1, 0.15) is 0 Å². The second-order valence-electron chi connectivity index (χ2n) is 5.34. The molecule has 8 heteroatoms. The maximum absolute atomic E-state index is 13.0. The standard InChI is InChI=1S/C17H26N3O4P/c1-5-13-20(14(4)15-11-9-8-10-12-15)17(21)16(19-18)25(22,23-6-2)24-7-3/h8-12,14H,5-7,13H2,1-4H3/t14-/m1/s1. The summed E-state index contributed by atoms with van der Waals surface area (Å²) >= 11 is 0. The fourth-order valence-corrected chi connectivity index (χ4v) is 3.94. The van der Waals surface area contributed by atoms with E-state index in [1.54, 1.807) is 13.8 Å². The fourth-order valence-electron chi connectivity index (χ4n) is 2.47. The fraction of sp³-hybridized carbons (Fsp3) is 0.529. The number of nitrogens with zero attached hydrogens (tertiary/aromatic N) is 3. The van der Waals surface area contributed by atoms with Crippen LogP contribution in [0.15, 0.2) is 30.3 Å². The predicted octanol–water partition coefficient (Wildman–Crippen LogP) is 3.88. The van der Waals surface area contributed by atoms with Gasteiger partial charge in [0.15, 0.2) is 0 Å². The van der Waals surface area contributed by atoms with Crippen LogP contribution in [0, 0.1) is 0 Å². The number of rotatable bonds is 10. The topological polar surface area (TPSA) is 92.2 Å². The maximum Gasteiger partial charge on any atom is 0.465 e. The second kappa shape index (κ2) is 10.3. The summed E-state index contributed by atoms with van der Waals surface area (Å²) in [4.78, 5) is 17.5. The Morgan fingerprint density at radius 2 is 1.76 bits per heavy atom. The molecule has 0 fully saturated rings. The molecule has 1 aromatic rings. The zero-order valence-electron chi connectivity index (χ0n) is 15.2. The van der Waals surface area contributed by atoms with Gasteiger partial charge >= 0.3 is 19.0 Å². The summed E-state index contributed by atoms with van der Waals surface area (Å²) in [5.74, 6) is -0.661. The molecule has 1 amide bonds. The summed E-state index contributed by atoms with van der Waals surface area (Å²) in [7, 11) is -3.99. The van der Waals surface area contributed by atoms with Gasteiger partial charge in [-0.15, -0.1) is 0 Å². The Labute approximate surface area is 149 Å². The third kappa shape index (κ3) is 5.35. The van der Waals surface area contributed by atoms with Gasteiger partial charge < -0.3 is 19.5 Å². The molecular formula is C17H26N3O4P. The SMILES string of the molecule is CCCN(C(=O)C(=[N+]=[N-])P(=O)(OCC)OCC)[C@H](C)c1ccccc1. The van der Waals surface area contributed by atoms with Crippen LogP contribution in [0.3, 0.4) is 0 Å². The van der Waals surface area contributed by atoms with Crippen molar-refractivity contribution in [3.63, 3.8) is 0 Å². The lowest BCUT2D eigenvalue weighted by Crippen LogP contribution is -2.40. The van der Waals surface area contributed by atoms with E-state index in [1.165, 1.54) is 4.90 Å². The smallest absolute Gasteiger partial charge is 0.360 e. The van der Waals surface area contributed by atoms with Crippen LogP contribution in [0.4, 0.5) is 0 Å². The average molecular weight is 367 g/mol. The van der Waals surface area contributed by atoms with Gasteiger partial charge in [0, 0.05) is 6.54 Å². The van der Waals surface area contributed by atoms with Crippen molar-refractivity contribution in [2.75, 3.05) is 19.8 Å². The average Bonchev–Trinajstić information content (AvgIpc) is 2.60. The van der Waals surface area contributed by atoms with Crippen molar-refractivity contribution >= 4 is 19.0 Å². The van der Waals surface area contributed by atoms with Crippen molar-refractivity contribution in [3.8, 4) is 0 Å². The zero-order chi connectivity index (χ0) is 18.9. The molecule has 7 nitrogen and oxygen atoms in total. The van der Waals surface area contributed by atoms with Crippen molar-refractivity contribution in [2.24, 2.45) is 0 Å². The summed E-state index contributed by atoms with van der Waals surface area (Å²) in [5, 5.41) is 0. The molecule has 1 aromatic carbocycles. The highest BCUT2D eigenvalue weighted by Crippen LogP contribution is 2.49. The van der Waals surface area contributed by atoms with Gasteiger partial charge in [0.2, 0.25) is 0 Å². The van der Waals surface area contributed by atoms with Crippen LogP contribution in [0.1, 0.15) is 45.7 Å². The second-order valence-corrected chi connectivity index (χ2v) is 7.28. The van der Waals surface area contributed by atoms with Gasteiger partial charge in [-0.3, -0.25) is 4.79 Å². The summed E-state index contributed by atoms with van der Waals surface area (Å²) in [6.45, 7) is 7.58. The summed E-state index contributed by atoms with van der Waals surface area (Å²) < 4.78 is 23.2. The number of hydrogen-bond acceptors (Lipinski definition) is 4. The van der Waals surface area contributed by atoms with Gasteiger partial charge in [-0.05, 0) is 32.8 Å². The van der Waals surface area contributed by atoms with Gasteiger partial charge in [-0.1, -0.05) is 37.3 Å². The Bertz CT molecular complexity index is 649. The highest BCUT2D eigenvalue weighted by atomic mass is 31.2. The lowest BCUT2D eigenvalue weighted by atomic mass is 10.1. The number of carbonyl (C=O) groups is 1. The Kier molecular flexibility index (Phi) is 8.73. The lowest BCUT2D eigenvalue weighted by molar-refractivity contribution is -0.130. The van der Waals surface area contributed by atoms with E-state index < -0.39 is 19.0 Å². The monoisotopic (exact) mass is 367 g/mol. The molecule has 0 aliphatic carbocycles. The molecule has 0 aromatic heterocycles. The van der Waals surface area contributed by atoms with E-state index in [0.29, 0.717) is 13.0 Å². The molecule has 0 radical (unpaired) electrons. The summed E-state index contributed by atoms with van der Waals surface area (Å²) in [6, 6.07) is 9.17. The predicted molar refractivity (Wildman–Crippen MR) is 96.3 cm³/mol. The Morgan fingerprint density at radius 1 is 1.20 bits per heavy atom. The van der Waals surface area contributed by atoms with E-state index in [4.69, 9.17) is 9.05 Å². The van der Waals surface area contributed by atoms with Crippen LogP contribution in [-0.4, -0.2) is 40.8 Å². The molecule has 0 saturated carbocycles. The lowest BCUT2D eigenvalue weighted by Gasteiger charge is -2.28. The molecule has 0 heterocycles. The molecule has 25 heavy (non-hydrogen) atoms. The van der Waals surface area contributed by atoms with Gasteiger partial charge in [-0.2, -0.15) is 4.79 Å². The van der Waals surface area contributed by atoms with Crippen LogP contribution in [-0.2, 0) is 18.4 Å². The first-order valence-corrected chi connectivity index (χ1v) is 9.97. The van der Waals surface area contributed by atoms with Gasteiger partial charge in [0.25, 0.3) is 0 Å². The first-order chi connectivity index (χ1) is 11.9. The molecule has 0 unspecified atom stereocenters. The van der Waals surface area contributed by atoms with E-state index in [9.17, 15) is 14.9 Å². The highest BCUT2D eigenvalue weighted by molar-refractivity contribution is 7.74. The molecule has 0 aliphatic heterocycles. The minimum absolute atomic E-state index is 0.0611. The molecule has 0 saturated heterocycles. The molecule has 0 N–H and O–H groups in total. The molecule has 1 atom stereocenters. The van der Waals surface area contributed by atoms with E-state index in [2.05, 4.69) is 4.79 Å². The number of amides is 1. The molecule has 0 aliphatic rings. The van der Waals surface area contributed by atoms with Gasteiger partial charge in [-0.25, -0.2) is 4.57 Å². The van der Waals surface area contributed by atoms with Gasteiger partial charge in [0.05, 0.1) is 19.3 Å². The van der Waals surface area contributed by atoms with Crippen molar-refractivity contribution in [2.45, 2.75) is 40.2 Å². The van der Waals surface area contributed by atoms with Crippen LogP contribution in [0.5, 0.6) is 0 Å². The number of carbonyl (C=O) groups excluding carboxylic acids is 1. The highest BCUT2D eigenvalue weighted by Gasteiger charge is 2.48. The van der Waals surface area contributed by atoms with E-state index in [0.717, 1.165) is 5.56 Å². The maximum atomic E-state index is 13.0. The summed E-state index contributed by atoms with van der Waals surface area (Å²) in [6.07, 6.45) is 0.690. The quantitative estimate of drug-likeness (QED) is 0.271. The Balaban J connectivity index is 3.23. The van der Waals surface area contributed by atoms with E-state index in [-0.39, 0.29) is 19.3 Å². The van der Waals surface area contributed by atoms with Crippen LogP contribution < -0.4 is 0 Å². The first kappa shape index (κ1) is 21.3. The third-order valence-electron chi connectivity index (χ3n) is 3.62. The molecule has 0 bridgehead atoms. The van der Waals surface area contributed by atoms with Crippen molar-refractivity contribution in [3.05, 3.63) is 41.4 Å². The minimum Gasteiger partial charge on any atom is -0.360 e. The molecular weight excluding hydrogens is 341 g/mol. The van der Waals surface area contributed by atoms with Crippen LogP contribution >= 0.6 is 7.60 Å². The number of benzene rings is 1. The van der Waals surface area contributed by atoms with Crippen molar-refractivity contribution in [1.29, 1.82) is 0 Å². The van der Waals surface area contributed by atoms with Crippen LogP contribution in [0.2, 0.25) is 0 Å². The van der Waals surface area contributed by atoms with E-state index in [1.807, 2.05) is 44.2 Å². The third-order valence-corrected chi connectivity index (χ3v) is 5.61. The zero-order valence-corrected chi connectivity index (χ0v) is 16.1. The van der Waals surface area contributed by atoms with Crippen molar-refractivity contribution in [1.82, 2.24) is 4.90 Å². The number of hydrogen-bond donors (Lipinski definition) is 0. The van der Waals surface area contributed by atoms with Crippen molar-refractivity contribution < 1.29 is 23.2 Å². The Hall–Kier alpha value is -1.78. The van der Waals surface area contributed by atoms with Crippen LogP contribution in [0.25, 0.3) is 5.53 Å². The normalized spacial score (nSPS) is 12.3. The molecule has 0 spiro atoms. The first-order valence-electron chi connectivity index (χ1n) is 8.42. The molecule has 1 rings (SSSR count). The largest absolute Gasteiger partial charge is 0.465 e. The summed E-state index contributed by atoms with van der Waals surface area (Å²) in [5.41, 5.74) is 9.69. The molecule has 138 valence electrons. The van der Waals surface area contributed by atoms with E-state index >= 15 is 0 Å². The Morgan fingerprint density at radius 3 is 2.20 bits per heavy atom.